The molecule has 2 N–H and O–H groups in total. The lowest BCUT2D eigenvalue weighted by Gasteiger charge is -2.24. The topological polar surface area (TPSA) is 187 Å². The zero-order valence-corrected chi connectivity index (χ0v) is 33.2. The number of ether oxygens (including phenoxy) is 1. The number of nitro benzene ring substituents is 2. The van der Waals surface area contributed by atoms with E-state index in [1.165, 1.54) is 36.4 Å². The van der Waals surface area contributed by atoms with Gasteiger partial charge in [0.25, 0.3) is 17.3 Å². The fourth-order valence-corrected chi connectivity index (χ4v) is 5.25. The van der Waals surface area contributed by atoms with Crippen molar-refractivity contribution < 1.29 is 24.2 Å². The molecule has 15 nitrogen and oxygen atoms in total. The van der Waals surface area contributed by atoms with Crippen LogP contribution >= 0.6 is 12.2 Å². The van der Waals surface area contributed by atoms with Gasteiger partial charge in [-0.2, -0.15) is 4.99 Å². The molecule has 294 valence electrons. The van der Waals surface area contributed by atoms with Crippen LogP contribution in [0.5, 0.6) is 0 Å². The lowest BCUT2D eigenvalue weighted by molar-refractivity contribution is -0.385. The van der Waals surface area contributed by atoms with Gasteiger partial charge in [-0.1, -0.05) is 27.7 Å². The summed E-state index contributed by atoms with van der Waals surface area (Å²) in [7, 11) is 0. The van der Waals surface area contributed by atoms with E-state index in [1.54, 1.807) is 12.1 Å². The van der Waals surface area contributed by atoms with Crippen LogP contribution in [0, 0.1) is 32.1 Å². The number of aryl methyl sites for hydroxylation is 1. The number of non-ortho nitro benzene ring substituents is 2. The minimum Gasteiger partial charge on any atom is -0.444 e. The van der Waals surface area contributed by atoms with E-state index in [-0.39, 0.29) is 17.3 Å². The fourth-order valence-electron chi connectivity index (χ4n) is 5.14. The van der Waals surface area contributed by atoms with E-state index in [4.69, 9.17) is 9.72 Å². The molecule has 3 aromatic carbocycles. The minimum atomic E-state index is -0.590. The number of anilines is 2. The molecule has 0 fully saturated rings. The van der Waals surface area contributed by atoms with Gasteiger partial charge in [-0.25, -0.2) is 9.78 Å². The van der Waals surface area contributed by atoms with Crippen molar-refractivity contribution in [1.29, 1.82) is 0 Å². The smallest absolute Gasteiger partial charge is 0.407 e. The van der Waals surface area contributed by atoms with E-state index in [0.29, 0.717) is 72.8 Å². The third-order valence-corrected chi connectivity index (χ3v) is 8.12. The van der Waals surface area contributed by atoms with Crippen molar-refractivity contribution in [2.24, 2.45) is 16.8 Å². The molecule has 0 saturated carbocycles. The van der Waals surface area contributed by atoms with Crippen molar-refractivity contribution >= 4 is 69.1 Å². The van der Waals surface area contributed by atoms with Gasteiger partial charge in [0.2, 0.25) is 5.95 Å². The quantitative estimate of drug-likeness (QED) is 0.0365. The van der Waals surface area contributed by atoms with Gasteiger partial charge in [0.05, 0.1) is 31.7 Å². The third-order valence-electron chi connectivity index (χ3n) is 8.03. The molecule has 4 rings (SSSR count). The summed E-state index contributed by atoms with van der Waals surface area (Å²) >= 11 is 4.37. The molecule has 1 aromatic heterocycles. The van der Waals surface area contributed by atoms with Gasteiger partial charge in [0.1, 0.15) is 5.60 Å². The van der Waals surface area contributed by atoms with E-state index < -0.39 is 21.5 Å². The number of fused-ring (bicyclic) bond motifs is 1. The molecule has 0 atom stereocenters. The van der Waals surface area contributed by atoms with E-state index in [9.17, 15) is 29.8 Å². The number of carbonyl (C=O) groups is 2. The molecular weight excluding hydrogens is 725 g/mol. The summed E-state index contributed by atoms with van der Waals surface area (Å²) in [5.41, 5.74) is 2.72. The number of nitro groups is 2. The summed E-state index contributed by atoms with van der Waals surface area (Å²) < 4.78 is 7.31. The first-order valence-corrected chi connectivity index (χ1v) is 18.5. The minimum absolute atomic E-state index is 0.00471. The number of nitrogens with one attached hydrogen (secondary N) is 2. The Kier molecular flexibility index (Phi) is 16.4. The maximum Gasteiger partial charge on any atom is 0.407 e. The van der Waals surface area contributed by atoms with Gasteiger partial charge in [-0.05, 0) is 107 Å². The molecular formula is C39H50N8O7S. The maximum atomic E-state index is 13.7. The maximum absolute atomic E-state index is 13.7. The number of nitrogens with zero attached hydrogens (tertiary/aromatic N) is 6. The highest BCUT2D eigenvalue weighted by Gasteiger charge is 2.20. The van der Waals surface area contributed by atoms with Gasteiger partial charge in [0, 0.05) is 61.7 Å². The second-order valence-corrected chi connectivity index (χ2v) is 14.8. The number of aliphatic imine (C=N–C) groups is 1. The van der Waals surface area contributed by atoms with E-state index >= 15 is 0 Å². The van der Waals surface area contributed by atoms with Crippen molar-refractivity contribution in [3.8, 4) is 0 Å². The molecule has 0 spiro atoms. The highest BCUT2D eigenvalue weighted by atomic mass is 32.1. The largest absolute Gasteiger partial charge is 0.444 e. The summed E-state index contributed by atoms with van der Waals surface area (Å²) in [4.78, 5) is 56.6. The number of rotatable bonds is 16. The van der Waals surface area contributed by atoms with Crippen LogP contribution in [0.2, 0.25) is 0 Å². The Labute approximate surface area is 326 Å². The van der Waals surface area contributed by atoms with Crippen LogP contribution in [-0.2, 0) is 11.3 Å². The first kappa shape index (κ1) is 43.7. The Morgan fingerprint density at radius 3 is 2.00 bits per heavy atom. The predicted octanol–water partition coefficient (Wildman–Crippen LogP) is 9.47. The Hall–Kier alpha value is -5.73. The van der Waals surface area contributed by atoms with Gasteiger partial charge in [0.15, 0.2) is 0 Å². The highest BCUT2D eigenvalue weighted by Crippen LogP contribution is 2.26. The summed E-state index contributed by atoms with van der Waals surface area (Å²) in [6.07, 6.45) is 1.95. The zero-order chi connectivity index (χ0) is 40.7. The zero-order valence-electron chi connectivity index (χ0n) is 32.4. The SMILES string of the molecule is CC(C)CCN(CCC(C)C)C(=O)c1ccc2nc(Nc3ccc([N+](=O)[O-])cc3)n(CCCNC(=O)OC(C)(C)C)c2c1.O=[N+]([O-])c1ccc(N=C=S)cc1. The molecule has 2 amide bonds. The number of benzene rings is 3. The van der Waals surface area contributed by atoms with Crippen LogP contribution in [0.4, 0.5) is 33.5 Å². The first-order valence-electron chi connectivity index (χ1n) is 18.1. The first-order chi connectivity index (χ1) is 26.0. The van der Waals surface area contributed by atoms with Gasteiger partial charge < -0.3 is 24.8 Å². The number of hydrogen-bond acceptors (Lipinski definition) is 11. The second kappa shape index (κ2) is 20.7. The number of alkyl carbamates (subject to hydrolysis) is 1. The van der Waals surface area contributed by atoms with Crippen molar-refractivity contribution in [3.63, 3.8) is 0 Å². The molecule has 0 aliphatic rings. The van der Waals surface area contributed by atoms with Crippen LogP contribution in [0.15, 0.2) is 71.7 Å². The summed E-state index contributed by atoms with van der Waals surface area (Å²) in [6, 6.07) is 17.4. The number of aromatic nitrogens is 2. The summed E-state index contributed by atoms with van der Waals surface area (Å²) in [5.74, 6) is 1.50. The number of imidazole rings is 1. The fraction of sp³-hybridized carbons (Fsp3) is 0.436. The third kappa shape index (κ3) is 14.6. The van der Waals surface area contributed by atoms with Crippen LogP contribution in [0.25, 0.3) is 11.0 Å². The average molecular weight is 775 g/mol. The molecule has 16 heteroatoms. The highest BCUT2D eigenvalue weighted by molar-refractivity contribution is 7.78. The van der Waals surface area contributed by atoms with E-state index in [2.05, 4.69) is 60.7 Å². The lowest BCUT2D eigenvalue weighted by atomic mass is 10.1. The Balaban J connectivity index is 0.000000574. The molecule has 0 bridgehead atoms. The van der Waals surface area contributed by atoms with Gasteiger partial charge >= 0.3 is 6.09 Å². The van der Waals surface area contributed by atoms with Crippen molar-refractivity contribution in [3.05, 3.63) is 92.5 Å². The van der Waals surface area contributed by atoms with Crippen molar-refractivity contribution in [2.45, 2.75) is 79.9 Å². The van der Waals surface area contributed by atoms with Crippen LogP contribution in [-0.4, -0.2) is 66.7 Å². The molecule has 0 unspecified atom stereocenters. The Bertz CT molecular complexity index is 1930. The van der Waals surface area contributed by atoms with E-state index in [0.717, 1.165) is 18.4 Å². The molecule has 55 heavy (non-hydrogen) atoms. The molecule has 4 aromatic rings. The number of amides is 2. The van der Waals surface area contributed by atoms with Crippen LogP contribution < -0.4 is 10.6 Å². The van der Waals surface area contributed by atoms with Gasteiger partial charge in [-0.3, -0.25) is 25.0 Å². The van der Waals surface area contributed by atoms with Crippen LogP contribution in [0.1, 0.15) is 78.1 Å². The Morgan fingerprint density at radius 2 is 1.49 bits per heavy atom. The summed E-state index contributed by atoms with van der Waals surface area (Å²) in [5, 5.41) is 29.5. The normalized spacial score (nSPS) is 11.0. The van der Waals surface area contributed by atoms with E-state index in [1.807, 2.05) is 48.4 Å². The monoisotopic (exact) mass is 774 g/mol. The molecule has 0 radical (unpaired) electrons. The molecule has 0 saturated heterocycles. The van der Waals surface area contributed by atoms with Crippen molar-refractivity contribution in [1.82, 2.24) is 19.8 Å². The number of thiocarbonyl (C=S) groups is 1. The second-order valence-electron chi connectivity index (χ2n) is 14.6. The van der Waals surface area contributed by atoms with Crippen LogP contribution in [0.3, 0.4) is 0 Å². The molecule has 1 heterocycles. The Morgan fingerprint density at radius 1 is 0.927 bits per heavy atom. The van der Waals surface area contributed by atoms with Crippen molar-refractivity contribution in [2.75, 3.05) is 25.0 Å². The number of hydrogen-bond donors (Lipinski definition) is 2. The summed E-state index contributed by atoms with van der Waals surface area (Å²) in [6.45, 7) is 16.3. The predicted molar refractivity (Wildman–Crippen MR) is 218 cm³/mol. The lowest BCUT2D eigenvalue weighted by Crippen LogP contribution is -2.34. The molecule has 0 aliphatic carbocycles. The standard InChI is InChI=1S/C32H46N6O5.C7H4N2O2S/c1-22(2)15-19-36(20-16-23(3)4)29(39)24-9-14-27-28(21-24)37(18-8-17-33-31(40)43-32(5,6)7)30(35-27)34-25-10-12-26(13-11-25)38(41)42;10-9(11)7-3-1-6(2-4-7)8-5-12/h9-14,21-23H,8,15-20H2,1-7H3,(H,33,40)(H,34,35);1-4H. The molecule has 0 aliphatic heterocycles. The number of isothiocyanates is 1. The number of carbonyl (C=O) groups excluding carboxylic acids is 2. The van der Waals surface area contributed by atoms with Gasteiger partial charge in [-0.15, -0.1) is 0 Å². The average Bonchev–Trinajstić information content (AvgIpc) is 3.45.